The molecule has 0 spiro atoms. The highest BCUT2D eigenvalue weighted by Crippen LogP contribution is 2.23. The number of carbonyl (C=O) groups is 1. The van der Waals surface area contributed by atoms with Gasteiger partial charge in [-0.05, 0) is 50.6 Å². The summed E-state index contributed by atoms with van der Waals surface area (Å²) < 4.78 is 2.17. The average molecular weight is 287 g/mol. The number of carboxylic acid groups (broad SMARTS) is 1. The van der Waals surface area contributed by atoms with Crippen LogP contribution in [0.3, 0.4) is 0 Å². The fourth-order valence-corrected chi connectivity index (χ4v) is 3.21. The second-order valence-electron chi connectivity index (χ2n) is 5.83. The van der Waals surface area contributed by atoms with Crippen molar-refractivity contribution >= 4 is 17.0 Å². The Morgan fingerprint density at radius 1 is 1.48 bits per heavy atom. The number of aromatic nitrogens is 2. The van der Waals surface area contributed by atoms with Crippen LogP contribution in [0.4, 0.5) is 0 Å². The van der Waals surface area contributed by atoms with Crippen LogP contribution in [-0.4, -0.2) is 45.2 Å². The van der Waals surface area contributed by atoms with Gasteiger partial charge in [-0.15, -0.1) is 0 Å². The van der Waals surface area contributed by atoms with E-state index in [-0.39, 0.29) is 0 Å². The summed E-state index contributed by atoms with van der Waals surface area (Å²) in [4.78, 5) is 18.2. The molecular formula is C16H21N3O2. The van der Waals surface area contributed by atoms with Crippen LogP contribution in [0, 0.1) is 12.8 Å². The van der Waals surface area contributed by atoms with Gasteiger partial charge in [-0.2, -0.15) is 0 Å². The number of rotatable bonds is 4. The number of hydrogen-bond donors (Lipinski definition) is 1. The van der Waals surface area contributed by atoms with Gasteiger partial charge in [-0.3, -0.25) is 0 Å². The van der Waals surface area contributed by atoms with E-state index in [2.05, 4.69) is 21.4 Å². The van der Waals surface area contributed by atoms with Gasteiger partial charge in [0.25, 0.3) is 0 Å². The van der Waals surface area contributed by atoms with Crippen LogP contribution in [0.15, 0.2) is 18.2 Å². The van der Waals surface area contributed by atoms with Crippen molar-refractivity contribution in [3.63, 3.8) is 0 Å². The summed E-state index contributed by atoms with van der Waals surface area (Å²) in [5.41, 5.74) is 2.13. The fourth-order valence-electron chi connectivity index (χ4n) is 3.21. The molecule has 2 heterocycles. The Kier molecular flexibility index (Phi) is 3.68. The van der Waals surface area contributed by atoms with Gasteiger partial charge < -0.3 is 14.6 Å². The third-order valence-electron chi connectivity index (χ3n) is 4.44. The van der Waals surface area contributed by atoms with Crippen molar-refractivity contribution < 1.29 is 9.90 Å². The van der Waals surface area contributed by atoms with E-state index < -0.39 is 5.97 Å². The van der Waals surface area contributed by atoms with E-state index in [0.717, 1.165) is 43.0 Å². The third-order valence-corrected chi connectivity index (χ3v) is 4.44. The van der Waals surface area contributed by atoms with Gasteiger partial charge in [0.15, 0.2) is 0 Å². The maximum absolute atomic E-state index is 11.2. The van der Waals surface area contributed by atoms with Crippen LogP contribution in [0.2, 0.25) is 0 Å². The minimum atomic E-state index is -0.889. The van der Waals surface area contributed by atoms with Crippen molar-refractivity contribution in [2.45, 2.75) is 26.8 Å². The molecule has 1 aliphatic rings. The van der Waals surface area contributed by atoms with Crippen molar-refractivity contribution in [3.8, 4) is 0 Å². The summed E-state index contributed by atoms with van der Waals surface area (Å²) in [5.74, 6) is 0.692. The van der Waals surface area contributed by atoms with Crippen molar-refractivity contribution in [2.24, 2.45) is 5.92 Å². The molecule has 0 amide bonds. The zero-order chi connectivity index (χ0) is 15.0. The maximum atomic E-state index is 11.2. The summed E-state index contributed by atoms with van der Waals surface area (Å²) in [6.07, 6.45) is 1.20. The van der Waals surface area contributed by atoms with Gasteiger partial charge in [-0.1, -0.05) is 6.92 Å². The van der Waals surface area contributed by atoms with Crippen molar-refractivity contribution in [2.75, 3.05) is 19.6 Å². The summed E-state index contributed by atoms with van der Waals surface area (Å²) in [7, 11) is 0. The lowest BCUT2D eigenvalue weighted by Gasteiger charge is -2.15. The van der Waals surface area contributed by atoms with E-state index in [0.29, 0.717) is 11.5 Å². The highest BCUT2D eigenvalue weighted by Gasteiger charge is 2.23. The minimum absolute atomic E-state index is 0.324. The lowest BCUT2D eigenvalue weighted by molar-refractivity contribution is 0.0697. The molecule has 112 valence electrons. The molecule has 21 heavy (non-hydrogen) atoms. The number of fused-ring (bicyclic) bond motifs is 1. The molecule has 0 aliphatic carbocycles. The Balaban J connectivity index is 1.92. The summed E-state index contributed by atoms with van der Waals surface area (Å²) in [5, 5.41) is 9.16. The van der Waals surface area contributed by atoms with Crippen molar-refractivity contribution in [1.29, 1.82) is 0 Å². The summed E-state index contributed by atoms with van der Waals surface area (Å²) >= 11 is 0. The molecule has 1 aromatic carbocycles. The van der Waals surface area contributed by atoms with E-state index in [9.17, 15) is 4.79 Å². The number of likely N-dealkylation sites (tertiary alicyclic amines) is 1. The number of imidazole rings is 1. The standard InChI is InChI=1S/C16H21N3O2/c1-3-18-7-6-12(9-18)10-19-11(2)17-14-5-4-13(16(20)21)8-15(14)19/h4-5,8,12H,3,6-7,9-10H2,1-2H3,(H,20,21). The molecule has 0 bridgehead atoms. The number of hydrogen-bond acceptors (Lipinski definition) is 3. The largest absolute Gasteiger partial charge is 0.478 e. The average Bonchev–Trinajstić information content (AvgIpc) is 3.04. The number of benzene rings is 1. The number of nitrogens with zero attached hydrogens (tertiary/aromatic N) is 3. The first-order valence-electron chi connectivity index (χ1n) is 7.51. The Hall–Kier alpha value is -1.88. The summed E-state index contributed by atoms with van der Waals surface area (Å²) in [6.45, 7) is 8.49. The molecule has 0 radical (unpaired) electrons. The quantitative estimate of drug-likeness (QED) is 0.938. The van der Waals surface area contributed by atoms with Gasteiger partial charge in [0, 0.05) is 13.1 Å². The molecule has 2 aromatic rings. The number of carboxylic acids is 1. The molecule has 1 saturated heterocycles. The molecule has 5 nitrogen and oxygen atoms in total. The Labute approximate surface area is 124 Å². The molecule has 1 N–H and O–H groups in total. The molecule has 1 unspecified atom stereocenters. The molecule has 1 atom stereocenters. The van der Waals surface area contributed by atoms with Crippen LogP contribution < -0.4 is 0 Å². The van der Waals surface area contributed by atoms with Crippen LogP contribution in [0.5, 0.6) is 0 Å². The fraction of sp³-hybridized carbons (Fsp3) is 0.500. The van der Waals surface area contributed by atoms with E-state index in [1.807, 2.05) is 6.92 Å². The zero-order valence-corrected chi connectivity index (χ0v) is 12.5. The van der Waals surface area contributed by atoms with E-state index in [4.69, 9.17) is 5.11 Å². The normalized spacial score (nSPS) is 19.4. The SMILES string of the molecule is CCN1CCC(Cn2c(C)nc3ccc(C(=O)O)cc32)C1. The molecule has 1 aliphatic heterocycles. The number of aryl methyl sites for hydroxylation is 1. The highest BCUT2D eigenvalue weighted by molar-refractivity contribution is 5.92. The Bertz CT molecular complexity index is 677. The molecule has 1 aromatic heterocycles. The predicted molar refractivity (Wildman–Crippen MR) is 81.7 cm³/mol. The first kappa shape index (κ1) is 14.1. The second kappa shape index (κ2) is 5.48. The molecule has 1 fully saturated rings. The molecule has 0 saturated carbocycles. The summed E-state index contributed by atoms with van der Waals surface area (Å²) in [6, 6.07) is 5.16. The van der Waals surface area contributed by atoms with Crippen molar-refractivity contribution in [3.05, 3.63) is 29.6 Å². The maximum Gasteiger partial charge on any atom is 0.335 e. The van der Waals surface area contributed by atoms with E-state index in [1.54, 1.807) is 18.2 Å². The van der Waals surface area contributed by atoms with Crippen LogP contribution in [-0.2, 0) is 6.54 Å². The minimum Gasteiger partial charge on any atom is -0.478 e. The van der Waals surface area contributed by atoms with Gasteiger partial charge in [0.2, 0.25) is 0 Å². The van der Waals surface area contributed by atoms with Gasteiger partial charge in [-0.25, -0.2) is 9.78 Å². The van der Waals surface area contributed by atoms with Gasteiger partial charge >= 0.3 is 5.97 Å². The monoisotopic (exact) mass is 287 g/mol. The Morgan fingerprint density at radius 3 is 2.95 bits per heavy atom. The van der Waals surface area contributed by atoms with Crippen molar-refractivity contribution in [1.82, 2.24) is 14.5 Å². The topological polar surface area (TPSA) is 58.4 Å². The first-order chi connectivity index (χ1) is 10.1. The first-order valence-corrected chi connectivity index (χ1v) is 7.51. The lowest BCUT2D eigenvalue weighted by Crippen LogP contribution is -2.21. The third kappa shape index (κ3) is 2.65. The van der Waals surface area contributed by atoms with E-state index in [1.165, 1.54) is 6.42 Å². The van der Waals surface area contributed by atoms with Crippen LogP contribution in [0.25, 0.3) is 11.0 Å². The van der Waals surface area contributed by atoms with Crippen LogP contribution in [0.1, 0.15) is 29.5 Å². The molecule has 3 rings (SSSR count). The number of aromatic carboxylic acids is 1. The van der Waals surface area contributed by atoms with Gasteiger partial charge in [0.1, 0.15) is 5.82 Å². The van der Waals surface area contributed by atoms with Crippen LogP contribution >= 0.6 is 0 Å². The molecular weight excluding hydrogens is 266 g/mol. The predicted octanol–water partition coefficient (Wildman–Crippen LogP) is 2.38. The van der Waals surface area contributed by atoms with Gasteiger partial charge in [0.05, 0.1) is 16.6 Å². The Morgan fingerprint density at radius 2 is 2.29 bits per heavy atom. The smallest absolute Gasteiger partial charge is 0.335 e. The van der Waals surface area contributed by atoms with E-state index >= 15 is 0 Å². The second-order valence-corrected chi connectivity index (χ2v) is 5.83. The lowest BCUT2D eigenvalue weighted by atomic mass is 10.1. The molecule has 5 heteroatoms. The zero-order valence-electron chi connectivity index (χ0n) is 12.5. The highest BCUT2D eigenvalue weighted by atomic mass is 16.4.